The minimum Gasteiger partial charge on any atom is -0.478 e. The van der Waals surface area contributed by atoms with Crippen molar-refractivity contribution in [3.63, 3.8) is 0 Å². The first-order chi connectivity index (χ1) is 19.8. The van der Waals surface area contributed by atoms with Crippen molar-refractivity contribution in [1.29, 1.82) is 0 Å². The van der Waals surface area contributed by atoms with E-state index in [1.807, 2.05) is 6.07 Å². The Labute approximate surface area is 244 Å². The molecule has 2 fully saturated rings. The van der Waals surface area contributed by atoms with Gasteiger partial charge in [0.25, 0.3) is 0 Å². The number of fused-ring (bicyclic) bond motifs is 7. The predicted molar refractivity (Wildman–Crippen MR) is 153 cm³/mol. The van der Waals surface area contributed by atoms with Crippen molar-refractivity contribution in [2.45, 2.75) is 49.2 Å². The SMILES string of the molecule is O=C(O)c1ccc2c(c1)nc1n2CC[C@H]2[C@@H]1[C@H](c1cccc(Cl)c1F)[C@]1(C(=O)Nc3cc(Cl)ccc31)N2CC1CC1. The molecule has 208 valence electrons. The number of rotatable bonds is 4. The van der Waals surface area contributed by atoms with E-state index in [1.54, 1.807) is 42.5 Å². The molecule has 0 unspecified atom stereocenters. The second kappa shape index (κ2) is 8.77. The molecule has 10 heteroatoms. The number of carbonyl (C=O) groups excluding carboxylic acids is 1. The van der Waals surface area contributed by atoms with Crippen LogP contribution in [0.5, 0.6) is 0 Å². The van der Waals surface area contributed by atoms with E-state index in [9.17, 15) is 14.7 Å². The summed E-state index contributed by atoms with van der Waals surface area (Å²) in [4.78, 5) is 33.5. The Bertz CT molecular complexity index is 1800. The molecule has 8 rings (SSSR count). The topological polar surface area (TPSA) is 87.5 Å². The largest absolute Gasteiger partial charge is 0.478 e. The van der Waals surface area contributed by atoms with Crippen LogP contribution in [0.1, 0.15) is 58.4 Å². The number of hydrogen-bond acceptors (Lipinski definition) is 4. The van der Waals surface area contributed by atoms with Gasteiger partial charge < -0.3 is 15.0 Å². The number of imidazole rings is 1. The van der Waals surface area contributed by atoms with Crippen LogP contribution in [-0.2, 0) is 16.9 Å². The monoisotopic (exact) mass is 590 g/mol. The van der Waals surface area contributed by atoms with E-state index in [0.717, 1.165) is 36.2 Å². The number of aromatic nitrogens is 2. The number of carboxylic acids is 1. The molecular weight excluding hydrogens is 566 g/mol. The van der Waals surface area contributed by atoms with Crippen molar-refractivity contribution < 1.29 is 19.1 Å². The van der Waals surface area contributed by atoms with Crippen LogP contribution in [0.15, 0.2) is 54.6 Å². The highest BCUT2D eigenvalue weighted by Gasteiger charge is 2.69. The van der Waals surface area contributed by atoms with E-state index < -0.39 is 23.2 Å². The molecule has 4 heterocycles. The second-order valence-corrected chi connectivity index (χ2v) is 12.5. The average Bonchev–Trinajstić information content (AvgIpc) is 3.53. The number of nitrogens with one attached hydrogen (secondary N) is 1. The van der Waals surface area contributed by atoms with Gasteiger partial charge in [-0.2, -0.15) is 0 Å². The molecule has 41 heavy (non-hydrogen) atoms. The first kappa shape index (κ1) is 25.3. The van der Waals surface area contributed by atoms with E-state index in [4.69, 9.17) is 28.2 Å². The fraction of sp³-hybridized carbons (Fsp3) is 0.323. The fourth-order valence-corrected chi connectivity index (χ4v) is 8.08. The Hall–Kier alpha value is -3.46. The van der Waals surface area contributed by atoms with Crippen LogP contribution in [0.4, 0.5) is 10.1 Å². The second-order valence-electron chi connectivity index (χ2n) is 11.6. The molecule has 4 aromatic rings. The van der Waals surface area contributed by atoms with Gasteiger partial charge in [0.1, 0.15) is 17.2 Å². The third kappa shape index (κ3) is 3.44. The van der Waals surface area contributed by atoms with Crippen molar-refractivity contribution in [1.82, 2.24) is 14.5 Å². The maximum absolute atomic E-state index is 16.1. The Balaban J connectivity index is 1.43. The standard InChI is InChI=1S/C31H25Cl2FN4O3/c32-17-7-8-19-21(13-17)36-30(41)31(19)26(18-2-1-3-20(33)27(18)34)25-24(38(31)14-15-4-5-15)10-11-37-23-9-6-16(29(39)40)12-22(23)35-28(25)37/h1-3,6-9,12-13,15,24-26H,4-5,10-11,14H2,(H,36,41)(H,39,40)/t24-,25+,26-,31+/m0/s1. The quantitative estimate of drug-likeness (QED) is 0.287. The molecule has 0 radical (unpaired) electrons. The van der Waals surface area contributed by atoms with Gasteiger partial charge in [0.05, 0.1) is 21.6 Å². The Kier molecular flexibility index (Phi) is 5.40. The number of amides is 1. The van der Waals surface area contributed by atoms with E-state index in [-0.39, 0.29) is 28.5 Å². The maximum atomic E-state index is 16.1. The summed E-state index contributed by atoms with van der Waals surface area (Å²) in [5.74, 6) is -1.59. The minimum absolute atomic E-state index is 0.00000926. The highest BCUT2D eigenvalue weighted by molar-refractivity contribution is 6.31. The van der Waals surface area contributed by atoms with E-state index in [2.05, 4.69) is 14.8 Å². The third-order valence-electron chi connectivity index (χ3n) is 9.50. The molecule has 2 N–H and O–H groups in total. The molecule has 1 spiro atoms. The third-order valence-corrected chi connectivity index (χ3v) is 10.0. The van der Waals surface area contributed by atoms with Gasteiger partial charge in [-0.05, 0) is 67.1 Å². The number of likely N-dealkylation sites (tertiary alicyclic amines) is 1. The molecule has 1 saturated carbocycles. The lowest BCUT2D eigenvalue weighted by Gasteiger charge is -2.40. The Morgan fingerprint density at radius 1 is 1.12 bits per heavy atom. The highest BCUT2D eigenvalue weighted by atomic mass is 35.5. The van der Waals surface area contributed by atoms with Gasteiger partial charge in [0.2, 0.25) is 5.91 Å². The molecule has 7 nitrogen and oxygen atoms in total. The van der Waals surface area contributed by atoms with Gasteiger partial charge in [-0.3, -0.25) is 9.69 Å². The van der Waals surface area contributed by atoms with Gasteiger partial charge in [-0.15, -0.1) is 0 Å². The predicted octanol–water partition coefficient (Wildman–Crippen LogP) is 6.39. The number of aromatic carboxylic acids is 1. The first-order valence-corrected chi connectivity index (χ1v) is 14.6. The van der Waals surface area contributed by atoms with Gasteiger partial charge in [-0.1, -0.05) is 41.4 Å². The summed E-state index contributed by atoms with van der Waals surface area (Å²) >= 11 is 12.7. The van der Waals surface area contributed by atoms with E-state index in [1.165, 1.54) is 6.07 Å². The molecule has 4 atom stereocenters. The summed E-state index contributed by atoms with van der Waals surface area (Å²) in [5, 5.41) is 13.2. The first-order valence-electron chi connectivity index (χ1n) is 13.8. The smallest absolute Gasteiger partial charge is 0.335 e. The van der Waals surface area contributed by atoms with Crippen molar-refractivity contribution >= 4 is 51.8 Å². The number of halogens is 3. The highest BCUT2D eigenvalue weighted by Crippen LogP contribution is 2.64. The lowest BCUT2D eigenvalue weighted by molar-refractivity contribution is -0.128. The zero-order valence-corrected chi connectivity index (χ0v) is 23.3. The molecule has 1 aliphatic carbocycles. The van der Waals surface area contributed by atoms with E-state index in [0.29, 0.717) is 40.8 Å². The van der Waals surface area contributed by atoms with Gasteiger partial charge >= 0.3 is 5.97 Å². The molecule has 4 aliphatic rings. The Morgan fingerprint density at radius 2 is 1.95 bits per heavy atom. The number of hydrogen-bond donors (Lipinski definition) is 2. The number of benzene rings is 3. The van der Waals surface area contributed by atoms with Crippen LogP contribution < -0.4 is 5.32 Å². The number of aryl methyl sites for hydroxylation is 1. The van der Waals surface area contributed by atoms with Crippen LogP contribution in [0.2, 0.25) is 10.0 Å². The van der Waals surface area contributed by atoms with Gasteiger partial charge in [0.15, 0.2) is 0 Å². The van der Waals surface area contributed by atoms with Crippen LogP contribution in [0.25, 0.3) is 11.0 Å². The van der Waals surface area contributed by atoms with Crippen molar-refractivity contribution in [3.05, 3.63) is 93.0 Å². The number of carbonyl (C=O) groups is 2. The van der Waals surface area contributed by atoms with E-state index >= 15 is 4.39 Å². The molecular formula is C31H25Cl2FN4O3. The van der Waals surface area contributed by atoms with Crippen LogP contribution in [0.3, 0.4) is 0 Å². The number of nitrogens with zero attached hydrogens (tertiary/aromatic N) is 3. The van der Waals surface area contributed by atoms with Crippen molar-refractivity contribution in [3.8, 4) is 0 Å². The molecule has 0 bridgehead atoms. The summed E-state index contributed by atoms with van der Waals surface area (Å²) < 4.78 is 18.3. The summed E-state index contributed by atoms with van der Waals surface area (Å²) in [5.41, 5.74) is 2.13. The van der Waals surface area contributed by atoms with Crippen LogP contribution >= 0.6 is 23.2 Å². The molecule has 1 amide bonds. The number of carboxylic acid groups (broad SMARTS) is 1. The summed E-state index contributed by atoms with van der Waals surface area (Å²) in [6, 6.07) is 15.3. The minimum atomic E-state index is -1.21. The maximum Gasteiger partial charge on any atom is 0.335 e. The summed E-state index contributed by atoms with van der Waals surface area (Å²) in [7, 11) is 0. The summed E-state index contributed by atoms with van der Waals surface area (Å²) in [6.07, 6.45) is 2.91. The molecule has 1 saturated heterocycles. The van der Waals surface area contributed by atoms with Crippen molar-refractivity contribution in [2.75, 3.05) is 11.9 Å². The summed E-state index contributed by atoms with van der Waals surface area (Å²) in [6.45, 7) is 1.36. The fourth-order valence-electron chi connectivity index (χ4n) is 7.73. The normalized spacial score (nSPS) is 26.7. The lowest BCUT2D eigenvalue weighted by Crippen LogP contribution is -2.53. The van der Waals surface area contributed by atoms with Crippen LogP contribution in [0, 0.1) is 11.7 Å². The lowest BCUT2D eigenvalue weighted by atomic mass is 9.70. The zero-order chi connectivity index (χ0) is 28.2. The van der Waals surface area contributed by atoms with Crippen molar-refractivity contribution in [2.24, 2.45) is 5.92 Å². The molecule has 1 aromatic heterocycles. The van der Waals surface area contributed by atoms with Gasteiger partial charge in [-0.25, -0.2) is 14.2 Å². The molecule has 3 aliphatic heterocycles. The van der Waals surface area contributed by atoms with Gasteiger partial charge in [0, 0.05) is 47.2 Å². The Morgan fingerprint density at radius 3 is 2.73 bits per heavy atom. The number of anilines is 1. The van der Waals surface area contributed by atoms with Crippen LogP contribution in [-0.4, -0.2) is 44.0 Å². The zero-order valence-electron chi connectivity index (χ0n) is 21.8. The average molecular weight is 591 g/mol. The molecule has 3 aromatic carbocycles.